The number of likely N-dealkylation sites (N-methyl/N-ethyl adjacent to an activating group) is 1. The maximum atomic E-state index is 12.3. The van der Waals surface area contributed by atoms with Crippen molar-refractivity contribution in [2.75, 3.05) is 19.6 Å². The van der Waals surface area contributed by atoms with Crippen LogP contribution in [0.4, 0.5) is 0 Å². The van der Waals surface area contributed by atoms with Crippen LogP contribution >= 0.6 is 0 Å². The van der Waals surface area contributed by atoms with Crippen molar-refractivity contribution in [2.45, 2.75) is 52.6 Å². The van der Waals surface area contributed by atoms with Crippen LogP contribution in [-0.2, 0) is 11.2 Å². The second kappa shape index (κ2) is 10.4. The fourth-order valence-electron chi connectivity index (χ4n) is 2.96. The molecule has 2 atom stereocenters. The molecule has 4 heteroatoms. The van der Waals surface area contributed by atoms with E-state index in [1.165, 1.54) is 0 Å². The first-order valence-corrected chi connectivity index (χ1v) is 8.79. The topological polar surface area (TPSA) is 58.4 Å². The van der Waals surface area contributed by atoms with Crippen molar-refractivity contribution in [1.82, 2.24) is 10.2 Å². The minimum atomic E-state index is -0.492. The van der Waals surface area contributed by atoms with Gasteiger partial charge in [-0.2, -0.15) is 0 Å². The van der Waals surface area contributed by atoms with Gasteiger partial charge in [0.15, 0.2) is 0 Å². The summed E-state index contributed by atoms with van der Waals surface area (Å²) in [5.74, 6) is 0.547. The van der Waals surface area contributed by atoms with Crippen LogP contribution in [-0.4, -0.2) is 42.5 Å². The van der Waals surface area contributed by atoms with E-state index in [-0.39, 0.29) is 5.91 Å². The number of benzene rings is 1. The monoisotopic (exact) mass is 319 g/mol. The average molecular weight is 319 g/mol. The van der Waals surface area contributed by atoms with Crippen molar-refractivity contribution >= 4 is 5.91 Å². The summed E-state index contributed by atoms with van der Waals surface area (Å²) in [6.45, 7) is 11.4. The van der Waals surface area contributed by atoms with Gasteiger partial charge in [-0.05, 0) is 37.4 Å². The number of amides is 1. The summed E-state index contributed by atoms with van der Waals surface area (Å²) >= 11 is 0. The SMILES string of the molecule is CCN(CC)C(CNC(=O)C(N)Cc1ccccc1)CC(C)C. The van der Waals surface area contributed by atoms with E-state index in [1.807, 2.05) is 30.3 Å². The minimum absolute atomic E-state index is 0.0604. The Bertz CT molecular complexity index is 443. The summed E-state index contributed by atoms with van der Waals surface area (Å²) in [7, 11) is 0. The first kappa shape index (κ1) is 19.7. The Balaban J connectivity index is 2.53. The summed E-state index contributed by atoms with van der Waals surface area (Å²) in [4.78, 5) is 14.7. The number of nitrogens with one attached hydrogen (secondary N) is 1. The summed E-state index contributed by atoms with van der Waals surface area (Å²) in [5, 5.41) is 3.05. The molecule has 130 valence electrons. The van der Waals surface area contributed by atoms with Gasteiger partial charge in [0.1, 0.15) is 0 Å². The second-order valence-electron chi connectivity index (χ2n) is 6.55. The fourth-order valence-corrected chi connectivity index (χ4v) is 2.96. The zero-order chi connectivity index (χ0) is 17.2. The van der Waals surface area contributed by atoms with Crippen LogP contribution in [0.25, 0.3) is 0 Å². The molecule has 2 unspecified atom stereocenters. The van der Waals surface area contributed by atoms with Gasteiger partial charge in [0.2, 0.25) is 5.91 Å². The van der Waals surface area contributed by atoms with Gasteiger partial charge in [-0.15, -0.1) is 0 Å². The third-order valence-electron chi connectivity index (χ3n) is 4.22. The molecule has 0 aliphatic rings. The highest BCUT2D eigenvalue weighted by molar-refractivity contribution is 5.81. The van der Waals surface area contributed by atoms with Crippen molar-refractivity contribution in [2.24, 2.45) is 11.7 Å². The first-order chi connectivity index (χ1) is 11.0. The quantitative estimate of drug-likeness (QED) is 0.696. The van der Waals surface area contributed by atoms with Crippen LogP contribution in [0.2, 0.25) is 0 Å². The lowest BCUT2D eigenvalue weighted by atomic mass is 10.0. The van der Waals surface area contributed by atoms with Crippen LogP contribution in [0.3, 0.4) is 0 Å². The number of carbonyl (C=O) groups is 1. The van der Waals surface area contributed by atoms with Crippen LogP contribution < -0.4 is 11.1 Å². The van der Waals surface area contributed by atoms with E-state index in [4.69, 9.17) is 5.73 Å². The zero-order valence-corrected chi connectivity index (χ0v) is 15.1. The van der Waals surface area contributed by atoms with Crippen LogP contribution in [0, 0.1) is 5.92 Å². The third kappa shape index (κ3) is 7.14. The number of hydrogen-bond donors (Lipinski definition) is 2. The molecule has 0 bridgehead atoms. The van der Waals surface area contributed by atoms with Gasteiger partial charge in [0, 0.05) is 12.6 Å². The van der Waals surface area contributed by atoms with E-state index < -0.39 is 6.04 Å². The molecule has 0 radical (unpaired) electrons. The molecule has 1 amide bonds. The van der Waals surface area contributed by atoms with E-state index in [0.29, 0.717) is 24.9 Å². The van der Waals surface area contributed by atoms with Gasteiger partial charge in [-0.3, -0.25) is 9.69 Å². The van der Waals surface area contributed by atoms with Gasteiger partial charge < -0.3 is 11.1 Å². The normalized spacial score (nSPS) is 14.0. The fraction of sp³-hybridized carbons (Fsp3) is 0.632. The molecule has 0 heterocycles. The molecule has 0 aromatic heterocycles. The number of nitrogens with zero attached hydrogens (tertiary/aromatic N) is 1. The lowest BCUT2D eigenvalue weighted by Gasteiger charge is -2.31. The van der Waals surface area contributed by atoms with Crippen LogP contribution in [0.15, 0.2) is 30.3 Å². The molecule has 1 rings (SSSR count). The second-order valence-corrected chi connectivity index (χ2v) is 6.55. The van der Waals surface area contributed by atoms with Gasteiger partial charge in [-0.1, -0.05) is 58.0 Å². The van der Waals surface area contributed by atoms with Gasteiger partial charge in [0.25, 0.3) is 0 Å². The molecule has 1 aromatic rings. The Morgan fingerprint density at radius 3 is 2.30 bits per heavy atom. The van der Waals surface area contributed by atoms with Crippen molar-refractivity contribution in [1.29, 1.82) is 0 Å². The summed E-state index contributed by atoms with van der Waals surface area (Å²) in [5.41, 5.74) is 7.15. The molecule has 0 aliphatic carbocycles. The molecular weight excluding hydrogens is 286 g/mol. The van der Waals surface area contributed by atoms with Gasteiger partial charge >= 0.3 is 0 Å². The standard InChI is InChI=1S/C19H33N3O/c1-5-22(6-2)17(12-15(3)4)14-21-19(23)18(20)13-16-10-8-7-9-11-16/h7-11,15,17-18H,5-6,12-14,20H2,1-4H3,(H,21,23). The molecule has 0 saturated heterocycles. The van der Waals surface area contributed by atoms with E-state index in [2.05, 4.69) is 37.9 Å². The Hall–Kier alpha value is -1.39. The highest BCUT2D eigenvalue weighted by Crippen LogP contribution is 2.11. The van der Waals surface area contributed by atoms with Crippen LogP contribution in [0.1, 0.15) is 39.7 Å². The molecular formula is C19H33N3O. The molecule has 0 saturated carbocycles. The van der Waals surface area contributed by atoms with E-state index >= 15 is 0 Å². The summed E-state index contributed by atoms with van der Waals surface area (Å²) in [6, 6.07) is 9.80. The number of hydrogen-bond acceptors (Lipinski definition) is 3. The van der Waals surface area contributed by atoms with E-state index in [1.54, 1.807) is 0 Å². The predicted octanol–water partition coefficient (Wildman–Crippen LogP) is 2.43. The molecule has 23 heavy (non-hydrogen) atoms. The number of nitrogens with two attached hydrogens (primary N) is 1. The summed E-state index contributed by atoms with van der Waals surface area (Å²) < 4.78 is 0. The van der Waals surface area contributed by atoms with Crippen molar-refractivity contribution in [3.05, 3.63) is 35.9 Å². The molecule has 1 aromatic carbocycles. The predicted molar refractivity (Wildman–Crippen MR) is 97.3 cm³/mol. The number of rotatable bonds is 10. The largest absolute Gasteiger partial charge is 0.353 e. The van der Waals surface area contributed by atoms with Crippen molar-refractivity contribution in [3.8, 4) is 0 Å². The van der Waals surface area contributed by atoms with E-state index in [0.717, 1.165) is 25.1 Å². The molecule has 0 spiro atoms. The highest BCUT2D eigenvalue weighted by atomic mass is 16.2. The first-order valence-electron chi connectivity index (χ1n) is 8.79. The average Bonchev–Trinajstić information content (AvgIpc) is 2.53. The molecule has 0 aliphatic heterocycles. The Morgan fingerprint density at radius 1 is 1.17 bits per heavy atom. The molecule has 3 N–H and O–H groups in total. The smallest absolute Gasteiger partial charge is 0.237 e. The van der Waals surface area contributed by atoms with Crippen molar-refractivity contribution in [3.63, 3.8) is 0 Å². The maximum Gasteiger partial charge on any atom is 0.237 e. The van der Waals surface area contributed by atoms with Gasteiger partial charge in [0.05, 0.1) is 6.04 Å². The maximum absolute atomic E-state index is 12.3. The summed E-state index contributed by atoms with van der Waals surface area (Å²) in [6.07, 6.45) is 1.66. The Morgan fingerprint density at radius 2 is 1.78 bits per heavy atom. The number of carbonyl (C=O) groups excluding carboxylic acids is 1. The molecule has 4 nitrogen and oxygen atoms in total. The lowest BCUT2D eigenvalue weighted by Crippen LogP contribution is -2.49. The van der Waals surface area contributed by atoms with Crippen molar-refractivity contribution < 1.29 is 4.79 Å². The minimum Gasteiger partial charge on any atom is -0.353 e. The Labute approximate surface area is 141 Å². The third-order valence-corrected chi connectivity index (χ3v) is 4.22. The highest BCUT2D eigenvalue weighted by Gasteiger charge is 2.20. The van der Waals surface area contributed by atoms with Gasteiger partial charge in [-0.25, -0.2) is 0 Å². The van der Waals surface area contributed by atoms with Crippen LogP contribution in [0.5, 0.6) is 0 Å². The van der Waals surface area contributed by atoms with E-state index in [9.17, 15) is 4.79 Å². The molecule has 0 fully saturated rings. The zero-order valence-electron chi connectivity index (χ0n) is 15.1. The lowest BCUT2D eigenvalue weighted by molar-refractivity contribution is -0.122. The Kier molecular flexibility index (Phi) is 8.89.